The van der Waals surface area contributed by atoms with E-state index >= 15 is 0 Å². The minimum atomic E-state index is -1.63. The van der Waals surface area contributed by atoms with Gasteiger partial charge < -0.3 is 20.0 Å². The third kappa shape index (κ3) is 5.20. The van der Waals surface area contributed by atoms with Gasteiger partial charge in [0.25, 0.3) is 11.8 Å². The van der Waals surface area contributed by atoms with Gasteiger partial charge in [0.05, 0.1) is 45.5 Å². The van der Waals surface area contributed by atoms with E-state index in [1.807, 2.05) is 0 Å². The highest BCUT2D eigenvalue weighted by atomic mass is 19.2. The maximum atomic E-state index is 13.7. The fourth-order valence-corrected chi connectivity index (χ4v) is 3.10. The van der Waals surface area contributed by atoms with Crippen LogP contribution in [0.3, 0.4) is 0 Å². The molecule has 2 amide bonds. The van der Waals surface area contributed by atoms with Crippen molar-refractivity contribution in [2.75, 3.05) is 51.6 Å². The Kier molecular flexibility index (Phi) is 7.20. The number of nitrogens with one attached hydrogen (secondary N) is 3. The average Bonchev–Trinajstić information content (AvgIpc) is 2.67. The maximum absolute atomic E-state index is 13.7. The lowest BCUT2D eigenvalue weighted by molar-refractivity contribution is -0.903. The lowest BCUT2D eigenvalue weighted by atomic mass is 10.2. The van der Waals surface area contributed by atoms with E-state index in [0.29, 0.717) is 18.0 Å². The van der Waals surface area contributed by atoms with Crippen molar-refractivity contribution >= 4 is 17.5 Å². The van der Waals surface area contributed by atoms with Gasteiger partial charge in [-0.05, 0) is 26.0 Å². The van der Waals surface area contributed by atoms with E-state index in [4.69, 9.17) is 0 Å². The molecule has 0 bridgehead atoms. The third-order valence-corrected chi connectivity index (χ3v) is 5.14. The van der Waals surface area contributed by atoms with Crippen molar-refractivity contribution in [2.45, 2.75) is 19.9 Å². The topological polar surface area (TPSA) is 58.3 Å². The summed E-state index contributed by atoms with van der Waals surface area (Å²) < 4.78 is 39.8. The van der Waals surface area contributed by atoms with Gasteiger partial charge in [0.2, 0.25) is 0 Å². The first-order chi connectivity index (χ1) is 12.7. The SMILES string of the molecule is CC[NH+]1CCN(C(=O)[C@H](C)[NH+](C)CC(=O)Nc2ccc(F)c(F)c2F)CC1. The molecule has 1 fully saturated rings. The number of hydrogen-bond donors (Lipinski definition) is 3. The van der Waals surface area contributed by atoms with Crippen molar-refractivity contribution in [3.05, 3.63) is 29.6 Å². The molecule has 1 aliphatic heterocycles. The van der Waals surface area contributed by atoms with Crippen molar-refractivity contribution in [3.8, 4) is 0 Å². The van der Waals surface area contributed by atoms with Crippen molar-refractivity contribution in [2.24, 2.45) is 0 Å². The number of anilines is 1. The Morgan fingerprint density at radius 3 is 2.44 bits per heavy atom. The predicted molar refractivity (Wildman–Crippen MR) is 94.0 cm³/mol. The van der Waals surface area contributed by atoms with Gasteiger partial charge in [0.1, 0.15) is 0 Å². The van der Waals surface area contributed by atoms with Gasteiger partial charge in [-0.15, -0.1) is 0 Å². The molecular weight excluding hydrogens is 361 g/mol. The zero-order chi connectivity index (χ0) is 20.1. The van der Waals surface area contributed by atoms with Crippen LogP contribution in [-0.4, -0.2) is 69.1 Å². The molecule has 1 saturated heterocycles. The molecule has 0 aromatic heterocycles. The molecule has 2 rings (SSSR count). The molecule has 1 aromatic carbocycles. The smallest absolute Gasteiger partial charge is 0.280 e. The summed E-state index contributed by atoms with van der Waals surface area (Å²) >= 11 is 0. The van der Waals surface area contributed by atoms with Crippen LogP contribution in [-0.2, 0) is 9.59 Å². The average molecular weight is 388 g/mol. The van der Waals surface area contributed by atoms with Crippen molar-refractivity contribution in [1.82, 2.24) is 4.90 Å². The van der Waals surface area contributed by atoms with Crippen LogP contribution < -0.4 is 15.1 Å². The van der Waals surface area contributed by atoms with Crippen molar-refractivity contribution < 1.29 is 32.6 Å². The largest absolute Gasteiger partial charge is 0.332 e. The highest BCUT2D eigenvalue weighted by Gasteiger charge is 2.31. The van der Waals surface area contributed by atoms with Gasteiger partial charge in [-0.25, -0.2) is 13.2 Å². The molecule has 1 heterocycles. The number of amides is 2. The summed E-state index contributed by atoms with van der Waals surface area (Å²) in [5, 5.41) is 2.23. The Morgan fingerprint density at radius 2 is 1.85 bits per heavy atom. The van der Waals surface area contributed by atoms with Crippen LogP contribution in [0.25, 0.3) is 0 Å². The second-order valence-electron chi connectivity index (χ2n) is 6.94. The van der Waals surface area contributed by atoms with E-state index in [-0.39, 0.29) is 12.5 Å². The van der Waals surface area contributed by atoms with Gasteiger partial charge in [-0.3, -0.25) is 9.59 Å². The Morgan fingerprint density at radius 1 is 1.22 bits per heavy atom. The molecule has 1 aliphatic rings. The molecule has 2 atom stereocenters. The summed E-state index contributed by atoms with van der Waals surface area (Å²) in [6.07, 6.45) is 0. The quantitative estimate of drug-likeness (QED) is 0.531. The van der Waals surface area contributed by atoms with E-state index in [1.54, 1.807) is 18.9 Å². The number of hydrogen-bond acceptors (Lipinski definition) is 2. The van der Waals surface area contributed by atoms with Crippen LogP contribution in [0.5, 0.6) is 0 Å². The zero-order valence-corrected chi connectivity index (χ0v) is 15.9. The van der Waals surface area contributed by atoms with Crippen molar-refractivity contribution in [1.29, 1.82) is 0 Å². The first-order valence-corrected chi connectivity index (χ1v) is 9.12. The van der Waals surface area contributed by atoms with Crippen LogP contribution in [0.4, 0.5) is 18.9 Å². The van der Waals surface area contributed by atoms with E-state index < -0.39 is 35.1 Å². The molecule has 0 spiro atoms. The van der Waals surface area contributed by atoms with Crippen LogP contribution >= 0.6 is 0 Å². The highest BCUT2D eigenvalue weighted by Crippen LogP contribution is 2.19. The van der Waals surface area contributed by atoms with Gasteiger partial charge in [0.15, 0.2) is 30.0 Å². The minimum absolute atomic E-state index is 0.0329. The van der Waals surface area contributed by atoms with Crippen LogP contribution in [0, 0.1) is 17.5 Å². The molecule has 1 aromatic rings. The Labute approximate surface area is 156 Å². The second-order valence-corrected chi connectivity index (χ2v) is 6.94. The number of rotatable bonds is 6. The summed E-state index contributed by atoms with van der Waals surface area (Å²) in [4.78, 5) is 28.6. The summed E-state index contributed by atoms with van der Waals surface area (Å²) in [6.45, 7) is 7.96. The first kappa shape index (κ1) is 21.2. The molecule has 150 valence electrons. The van der Waals surface area contributed by atoms with E-state index in [0.717, 1.165) is 31.8 Å². The fourth-order valence-electron chi connectivity index (χ4n) is 3.10. The molecule has 6 nitrogen and oxygen atoms in total. The normalized spacial score (nSPS) is 17.5. The molecule has 3 N–H and O–H groups in total. The third-order valence-electron chi connectivity index (χ3n) is 5.14. The summed E-state index contributed by atoms with van der Waals surface area (Å²) in [5.41, 5.74) is -0.427. The number of carbonyl (C=O) groups is 2. The molecular formula is C18H27F3N4O2+2. The Hall–Kier alpha value is -2.13. The van der Waals surface area contributed by atoms with Crippen LogP contribution in [0.2, 0.25) is 0 Å². The van der Waals surface area contributed by atoms with E-state index in [9.17, 15) is 22.8 Å². The number of carbonyl (C=O) groups excluding carboxylic acids is 2. The summed E-state index contributed by atoms with van der Waals surface area (Å²) in [5.74, 6) is -5.02. The van der Waals surface area contributed by atoms with E-state index in [1.165, 1.54) is 4.90 Å². The zero-order valence-electron chi connectivity index (χ0n) is 15.9. The molecule has 27 heavy (non-hydrogen) atoms. The minimum Gasteiger partial charge on any atom is -0.332 e. The Bertz CT molecular complexity index is 693. The molecule has 0 radical (unpaired) electrons. The van der Waals surface area contributed by atoms with Gasteiger partial charge in [-0.1, -0.05) is 0 Å². The molecule has 9 heteroatoms. The lowest BCUT2D eigenvalue weighted by Gasteiger charge is -2.33. The van der Waals surface area contributed by atoms with E-state index in [2.05, 4.69) is 12.2 Å². The van der Waals surface area contributed by atoms with Gasteiger partial charge in [-0.2, -0.15) is 0 Å². The molecule has 1 unspecified atom stereocenters. The second kappa shape index (κ2) is 9.18. The summed E-state index contributed by atoms with van der Waals surface area (Å²) in [6, 6.07) is 1.26. The van der Waals surface area contributed by atoms with Crippen LogP contribution in [0.1, 0.15) is 13.8 Å². The summed E-state index contributed by atoms with van der Waals surface area (Å²) in [7, 11) is 1.69. The fraction of sp³-hybridized carbons (Fsp3) is 0.556. The standard InChI is InChI=1S/C18H25F3N4O2/c1-4-24-7-9-25(10-8-24)18(27)12(2)23(3)11-15(26)22-14-6-5-13(19)16(20)17(14)21/h5-6,12H,4,7-11H2,1-3H3,(H,22,26)/p+2/t12-/m0/s1. The van der Waals surface area contributed by atoms with Gasteiger partial charge >= 0.3 is 0 Å². The number of benzene rings is 1. The monoisotopic (exact) mass is 388 g/mol. The predicted octanol–water partition coefficient (Wildman–Crippen LogP) is -1.31. The maximum Gasteiger partial charge on any atom is 0.280 e. The number of piperazine rings is 1. The number of likely N-dealkylation sites (N-methyl/N-ethyl adjacent to an activating group) is 2. The van der Waals surface area contributed by atoms with Gasteiger partial charge in [0, 0.05) is 0 Å². The number of quaternary nitrogens is 2. The molecule has 0 aliphatic carbocycles. The van der Waals surface area contributed by atoms with Crippen LogP contribution in [0.15, 0.2) is 12.1 Å². The highest BCUT2D eigenvalue weighted by molar-refractivity contribution is 5.91. The first-order valence-electron chi connectivity index (χ1n) is 9.12. The number of halogens is 3. The lowest BCUT2D eigenvalue weighted by Crippen LogP contribution is -3.16. The van der Waals surface area contributed by atoms with Crippen molar-refractivity contribution in [3.63, 3.8) is 0 Å². The Balaban J connectivity index is 1.90. The molecule has 0 saturated carbocycles. The number of nitrogens with zero attached hydrogens (tertiary/aromatic N) is 1.